The lowest BCUT2D eigenvalue weighted by Gasteiger charge is -2.08. The van der Waals surface area contributed by atoms with E-state index < -0.39 is 21.2 Å². The van der Waals surface area contributed by atoms with Gasteiger partial charge < -0.3 is 0 Å². The molecule has 1 rings (SSSR count). The van der Waals surface area contributed by atoms with Gasteiger partial charge in [0.25, 0.3) is 10.1 Å². The quantitative estimate of drug-likeness (QED) is 0.747. The molecule has 0 fully saturated rings. The molecule has 0 aliphatic carbocycles. The van der Waals surface area contributed by atoms with Crippen molar-refractivity contribution >= 4 is 10.1 Å². The third-order valence-electron chi connectivity index (χ3n) is 1.79. The van der Waals surface area contributed by atoms with E-state index in [1.165, 1.54) is 25.1 Å². The van der Waals surface area contributed by atoms with E-state index >= 15 is 0 Å². The molecule has 0 aromatic heterocycles. The van der Waals surface area contributed by atoms with Crippen molar-refractivity contribution in [1.82, 2.24) is 0 Å². The fourth-order valence-corrected chi connectivity index (χ4v) is 1.48. The number of rotatable bonds is 2. The van der Waals surface area contributed by atoms with Crippen molar-refractivity contribution < 1.29 is 17.4 Å². The van der Waals surface area contributed by atoms with Gasteiger partial charge in [-0.3, -0.25) is 4.55 Å². The molecule has 3 nitrogen and oxygen atoms in total. The second-order valence-electron chi connectivity index (χ2n) is 2.68. The number of hydrogen-bond acceptors (Lipinski definition) is 2. The van der Waals surface area contributed by atoms with Gasteiger partial charge in [-0.15, -0.1) is 0 Å². The third-order valence-corrected chi connectivity index (χ3v) is 2.94. The number of halogens is 1. The molecule has 0 heterocycles. The summed E-state index contributed by atoms with van der Waals surface area (Å²) in [5.74, 6) is -0.632. The van der Waals surface area contributed by atoms with Gasteiger partial charge in [0.05, 0.1) is 0 Å². The smallest absolute Gasteiger partial charge is 0.271 e. The molecule has 13 heavy (non-hydrogen) atoms. The SMILES string of the molecule is C[C@@H](c1ccccc1F)S(=O)(=O)O. The zero-order chi connectivity index (χ0) is 10.1. The highest BCUT2D eigenvalue weighted by Crippen LogP contribution is 2.22. The standard InChI is InChI=1S/C8H9FO3S/c1-6(13(10,11)12)7-4-2-3-5-8(7)9/h2-6H,1H3,(H,10,11,12)/t6-/m0/s1. The van der Waals surface area contributed by atoms with E-state index in [1.54, 1.807) is 0 Å². The predicted molar refractivity (Wildman–Crippen MR) is 46.4 cm³/mol. The molecule has 0 amide bonds. The predicted octanol–water partition coefficient (Wildman–Crippen LogP) is 1.77. The Labute approximate surface area is 76.0 Å². The van der Waals surface area contributed by atoms with Crippen LogP contribution in [0.3, 0.4) is 0 Å². The highest BCUT2D eigenvalue weighted by Gasteiger charge is 2.21. The monoisotopic (exact) mass is 204 g/mol. The van der Waals surface area contributed by atoms with Gasteiger partial charge in [0.15, 0.2) is 0 Å². The molecular weight excluding hydrogens is 195 g/mol. The summed E-state index contributed by atoms with van der Waals surface area (Å²) in [5.41, 5.74) is -0.0231. The van der Waals surface area contributed by atoms with Crippen LogP contribution in [-0.4, -0.2) is 13.0 Å². The molecule has 72 valence electrons. The lowest BCUT2D eigenvalue weighted by atomic mass is 10.1. The zero-order valence-electron chi connectivity index (χ0n) is 6.94. The Balaban J connectivity index is 3.17. The largest absolute Gasteiger partial charge is 0.285 e. The van der Waals surface area contributed by atoms with Crippen LogP contribution in [0.4, 0.5) is 4.39 Å². The molecule has 5 heteroatoms. The van der Waals surface area contributed by atoms with Crippen LogP contribution in [0.1, 0.15) is 17.7 Å². The molecule has 0 saturated carbocycles. The van der Waals surface area contributed by atoms with Crippen molar-refractivity contribution in [2.45, 2.75) is 12.2 Å². The molecule has 1 aromatic rings. The van der Waals surface area contributed by atoms with Gasteiger partial charge >= 0.3 is 0 Å². The summed E-state index contributed by atoms with van der Waals surface area (Å²) in [4.78, 5) is 0. The van der Waals surface area contributed by atoms with E-state index in [4.69, 9.17) is 4.55 Å². The van der Waals surface area contributed by atoms with Crippen molar-refractivity contribution in [3.05, 3.63) is 35.6 Å². The Morgan fingerprint density at radius 2 is 1.92 bits per heavy atom. The molecule has 0 saturated heterocycles. The van der Waals surface area contributed by atoms with Crippen LogP contribution in [-0.2, 0) is 10.1 Å². The van der Waals surface area contributed by atoms with Gasteiger partial charge in [-0.05, 0) is 13.0 Å². The maximum Gasteiger partial charge on any atom is 0.271 e. The first-order chi connectivity index (χ1) is 5.93. The van der Waals surface area contributed by atoms with Crippen LogP contribution in [0.2, 0.25) is 0 Å². The molecule has 1 N–H and O–H groups in total. The summed E-state index contributed by atoms with van der Waals surface area (Å²) in [5, 5.41) is -1.23. The Morgan fingerprint density at radius 3 is 2.38 bits per heavy atom. The topological polar surface area (TPSA) is 54.4 Å². The average molecular weight is 204 g/mol. The second-order valence-corrected chi connectivity index (χ2v) is 4.42. The van der Waals surface area contributed by atoms with Crippen molar-refractivity contribution in [2.75, 3.05) is 0 Å². The molecule has 1 atom stereocenters. The molecule has 0 radical (unpaired) electrons. The maximum absolute atomic E-state index is 13.0. The Bertz CT molecular complexity index is 400. The molecule has 0 unspecified atom stereocenters. The van der Waals surface area contributed by atoms with Gasteiger partial charge in [0.1, 0.15) is 11.1 Å². The first-order valence-corrected chi connectivity index (χ1v) is 5.14. The van der Waals surface area contributed by atoms with E-state index in [0.29, 0.717) is 0 Å². The molecule has 0 aliphatic rings. The zero-order valence-corrected chi connectivity index (χ0v) is 7.75. The minimum Gasteiger partial charge on any atom is -0.285 e. The molecule has 0 bridgehead atoms. The minimum absolute atomic E-state index is 0.0231. The summed E-state index contributed by atoms with van der Waals surface area (Å²) < 4.78 is 43.0. The van der Waals surface area contributed by atoms with Crippen molar-refractivity contribution in [1.29, 1.82) is 0 Å². The summed E-state index contributed by atoms with van der Waals surface area (Å²) in [6.45, 7) is 1.23. The first kappa shape index (κ1) is 10.1. The molecule has 0 spiro atoms. The number of hydrogen-bond donors (Lipinski definition) is 1. The molecule has 0 aliphatic heterocycles. The van der Waals surface area contributed by atoms with Gasteiger partial charge in [0.2, 0.25) is 0 Å². The Hall–Kier alpha value is -0.940. The molecular formula is C8H9FO3S. The van der Waals surface area contributed by atoms with Crippen LogP contribution in [0, 0.1) is 5.82 Å². The molecule has 1 aromatic carbocycles. The summed E-state index contributed by atoms with van der Waals surface area (Å²) in [7, 11) is -4.22. The second kappa shape index (κ2) is 3.43. The summed E-state index contributed by atoms with van der Waals surface area (Å²) >= 11 is 0. The van der Waals surface area contributed by atoms with Crippen LogP contribution in [0.15, 0.2) is 24.3 Å². The van der Waals surface area contributed by atoms with E-state index in [0.717, 1.165) is 6.07 Å². The fraction of sp³-hybridized carbons (Fsp3) is 0.250. The minimum atomic E-state index is -4.22. The van der Waals surface area contributed by atoms with E-state index in [1.807, 2.05) is 0 Å². The third kappa shape index (κ3) is 2.26. The Kier molecular flexibility index (Phi) is 2.68. The summed E-state index contributed by atoms with van der Waals surface area (Å²) in [6, 6.07) is 5.44. The van der Waals surface area contributed by atoms with Gasteiger partial charge in [-0.1, -0.05) is 18.2 Å². The summed E-state index contributed by atoms with van der Waals surface area (Å²) in [6.07, 6.45) is 0. The maximum atomic E-state index is 13.0. The average Bonchev–Trinajstić information content (AvgIpc) is 2.02. The fourth-order valence-electron chi connectivity index (χ4n) is 0.965. The highest BCUT2D eigenvalue weighted by atomic mass is 32.2. The first-order valence-electron chi connectivity index (χ1n) is 3.63. The van der Waals surface area contributed by atoms with E-state index in [-0.39, 0.29) is 5.56 Å². The lowest BCUT2D eigenvalue weighted by molar-refractivity contribution is 0.469. The van der Waals surface area contributed by atoms with E-state index in [2.05, 4.69) is 0 Å². The van der Waals surface area contributed by atoms with Crippen LogP contribution in [0.5, 0.6) is 0 Å². The van der Waals surface area contributed by atoms with Gasteiger partial charge in [-0.2, -0.15) is 8.42 Å². The highest BCUT2D eigenvalue weighted by molar-refractivity contribution is 7.86. The lowest BCUT2D eigenvalue weighted by Crippen LogP contribution is -2.09. The van der Waals surface area contributed by atoms with Crippen LogP contribution in [0.25, 0.3) is 0 Å². The van der Waals surface area contributed by atoms with Crippen molar-refractivity contribution in [2.24, 2.45) is 0 Å². The Morgan fingerprint density at radius 1 is 1.38 bits per heavy atom. The van der Waals surface area contributed by atoms with E-state index in [9.17, 15) is 12.8 Å². The van der Waals surface area contributed by atoms with Crippen LogP contribution < -0.4 is 0 Å². The van der Waals surface area contributed by atoms with Crippen molar-refractivity contribution in [3.8, 4) is 0 Å². The van der Waals surface area contributed by atoms with Crippen molar-refractivity contribution in [3.63, 3.8) is 0 Å². The van der Waals surface area contributed by atoms with Gasteiger partial charge in [0, 0.05) is 5.56 Å². The van der Waals surface area contributed by atoms with Gasteiger partial charge in [-0.25, -0.2) is 4.39 Å². The normalized spacial score (nSPS) is 14.1. The van der Waals surface area contributed by atoms with Crippen LogP contribution >= 0.6 is 0 Å². The number of benzene rings is 1.